The van der Waals surface area contributed by atoms with Gasteiger partial charge in [-0.25, -0.2) is 0 Å². The van der Waals surface area contributed by atoms with E-state index in [2.05, 4.69) is 0 Å². The van der Waals surface area contributed by atoms with Gasteiger partial charge >= 0.3 is 0 Å². The standard InChI is InChI=1S/BrH.3ClH.Si/h4*1H;. The van der Waals surface area contributed by atoms with Gasteiger partial charge in [0.25, 0.3) is 0 Å². The zero-order valence-electron chi connectivity index (χ0n) is 2.13. The van der Waals surface area contributed by atoms with Gasteiger partial charge < -0.3 is 0 Å². The lowest BCUT2D eigenvalue weighted by molar-refractivity contribution is 5.75. The average molecular weight is 218 g/mol. The average Bonchev–Trinajstić information content (AvgIpc) is 0. The molecule has 0 aromatic heterocycles. The predicted octanol–water partition coefficient (Wildman–Crippen LogP) is 1.46. The molecule has 0 aromatic carbocycles. The highest BCUT2D eigenvalue weighted by Crippen LogP contribution is 0.846. The van der Waals surface area contributed by atoms with Crippen LogP contribution in [0.4, 0.5) is 0 Å². The number of hydrogen-bond acceptors (Lipinski definition) is 0. The molecule has 0 spiro atoms. The summed E-state index contributed by atoms with van der Waals surface area (Å²) in [5.41, 5.74) is 0. The summed E-state index contributed by atoms with van der Waals surface area (Å²) in [6.07, 6.45) is 0. The summed E-state index contributed by atoms with van der Waals surface area (Å²) < 4.78 is 0. The maximum Gasteiger partial charge on any atom is 0 e. The van der Waals surface area contributed by atoms with Crippen molar-refractivity contribution < 1.29 is 0 Å². The van der Waals surface area contributed by atoms with Crippen molar-refractivity contribution in [2.75, 3.05) is 0 Å². The summed E-state index contributed by atoms with van der Waals surface area (Å²) in [5, 5.41) is 0. The quantitative estimate of drug-likeness (QED) is 0.540. The van der Waals surface area contributed by atoms with E-state index in [1.807, 2.05) is 0 Å². The van der Waals surface area contributed by atoms with Gasteiger partial charge in [0, 0.05) is 11.0 Å². The van der Waals surface area contributed by atoms with Gasteiger partial charge in [-0.1, -0.05) is 0 Å². The molecule has 5 heavy (non-hydrogen) atoms. The van der Waals surface area contributed by atoms with Crippen molar-refractivity contribution >= 4 is 65.2 Å². The highest BCUT2D eigenvalue weighted by Gasteiger charge is 0.0000299. The molecular weight excluding hydrogens is 214 g/mol. The van der Waals surface area contributed by atoms with Gasteiger partial charge in [0.05, 0.1) is 0 Å². The third-order valence-electron chi connectivity index (χ3n) is 0. The SMILES string of the molecule is Br.Cl.Cl.Cl.[Si]. The minimum atomic E-state index is 0. The van der Waals surface area contributed by atoms with Crippen LogP contribution in [-0.4, -0.2) is 11.0 Å². The fourth-order valence-electron chi connectivity index (χ4n) is 0. The van der Waals surface area contributed by atoms with Crippen LogP contribution < -0.4 is 0 Å². The van der Waals surface area contributed by atoms with E-state index in [0.717, 1.165) is 0 Å². The molecule has 0 aliphatic heterocycles. The largest absolute Gasteiger partial charge is 0.147 e. The lowest BCUT2D eigenvalue weighted by Crippen LogP contribution is -0.381. The van der Waals surface area contributed by atoms with Crippen molar-refractivity contribution in [3.8, 4) is 0 Å². The molecule has 0 aliphatic carbocycles. The highest BCUT2D eigenvalue weighted by molar-refractivity contribution is 8.93. The van der Waals surface area contributed by atoms with E-state index in [1.54, 1.807) is 0 Å². The smallest absolute Gasteiger partial charge is 0 e. The third-order valence-corrected chi connectivity index (χ3v) is 0. The Balaban J connectivity index is 0. The van der Waals surface area contributed by atoms with Crippen LogP contribution in [0.3, 0.4) is 0 Å². The second-order valence-corrected chi connectivity index (χ2v) is 0. The van der Waals surface area contributed by atoms with E-state index in [4.69, 9.17) is 0 Å². The van der Waals surface area contributed by atoms with Crippen LogP contribution in [-0.2, 0) is 0 Å². The van der Waals surface area contributed by atoms with Gasteiger partial charge in [-0.2, -0.15) is 0 Å². The Morgan fingerprint density at radius 3 is 0.600 bits per heavy atom. The topological polar surface area (TPSA) is 0 Å². The lowest BCUT2D eigenvalue weighted by Gasteiger charge is -0.148. The van der Waals surface area contributed by atoms with Gasteiger partial charge in [0.2, 0.25) is 0 Å². The molecule has 0 aliphatic rings. The van der Waals surface area contributed by atoms with Crippen LogP contribution in [0.2, 0.25) is 0 Å². The Morgan fingerprint density at radius 1 is 0.600 bits per heavy atom. The van der Waals surface area contributed by atoms with Crippen molar-refractivity contribution in [2.24, 2.45) is 0 Å². The maximum atomic E-state index is 0. The van der Waals surface area contributed by atoms with Crippen molar-refractivity contribution in [3.05, 3.63) is 0 Å². The summed E-state index contributed by atoms with van der Waals surface area (Å²) in [4.78, 5) is 0. The molecule has 0 aromatic rings. The van der Waals surface area contributed by atoms with E-state index < -0.39 is 0 Å². The molecule has 0 saturated heterocycles. The molecule has 5 heteroatoms. The summed E-state index contributed by atoms with van der Waals surface area (Å²) in [7, 11) is 0. The summed E-state index contributed by atoms with van der Waals surface area (Å²) >= 11 is 0. The van der Waals surface area contributed by atoms with Gasteiger partial charge in [-0.15, -0.1) is 54.2 Å². The normalized spacial score (nSPS) is 0. The van der Waals surface area contributed by atoms with Gasteiger partial charge in [0.1, 0.15) is 0 Å². The van der Waals surface area contributed by atoms with Crippen LogP contribution >= 0.6 is 54.2 Å². The van der Waals surface area contributed by atoms with Crippen molar-refractivity contribution in [1.82, 2.24) is 0 Å². The van der Waals surface area contributed by atoms with Gasteiger partial charge in [-0.3, -0.25) is 0 Å². The Labute approximate surface area is 65.1 Å². The molecule has 0 atom stereocenters. The lowest BCUT2D eigenvalue weighted by atomic mass is 28.1. The Morgan fingerprint density at radius 2 is 0.600 bits per heavy atom. The molecule has 0 fully saturated rings. The number of hydrogen-bond donors (Lipinski definition) is 0. The molecule has 0 amide bonds. The first-order chi connectivity index (χ1) is 0. The Hall–Kier alpha value is 1.57. The molecular formula is H4BrCl3Si. The first-order valence-corrected chi connectivity index (χ1v) is 0. The fourth-order valence-corrected chi connectivity index (χ4v) is 0. The van der Waals surface area contributed by atoms with Gasteiger partial charge in [0.15, 0.2) is 0 Å². The zero-order valence-corrected chi connectivity index (χ0v) is 7.30. The molecule has 0 rings (SSSR count). The first-order valence-electron chi connectivity index (χ1n) is 0. The highest BCUT2D eigenvalue weighted by atomic mass is 79.9. The van der Waals surface area contributed by atoms with Crippen LogP contribution in [0, 0.1) is 0 Å². The number of rotatable bonds is 0. The molecule has 0 heterocycles. The minimum absolute atomic E-state index is 0. The first kappa shape index (κ1) is 82.9. The van der Waals surface area contributed by atoms with Gasteiger partial charge in [-0.05, 0) is 0 Å². The molecule has 0 unspecified atom stereocenters. The van der Waals surface area contributed by atoms with Crippen LogP contribution in [0.5, 0.6) is 0 Å². The van der Waals surface area contributed by atoms with E-state index in [-0.39, 0.29) is 65.2 Å². The van der Waals surface area contributed by atoms with Crippen LogP contribution in [0.25, 0.3) is 0 Å². The second kappa shape index (κ2) is 47.3. The number of halogens is 4. The van der Waals surface area contributed by atoms with Crippen molar-refractivity contribution in [2.45, 2.75) is 0 Å². The Kier molecular flexibility index (Phi) is 784. The molecule has 0 saturated carbocycles. The molecule has 0 N–H and O–H groups in total. The predicted molar refractivity (Wildman–Crippen MR) is 37.8 cm³/mol. The van der Waals surface area contributed by atoms with Crippen LogP contribution in [0.1, 0.15) is 0 Å². The summed E-state index contributed by atoms with van der Waals surface area (Å²) in [5.74, 6) is 0. The molecule has 4 radical (unpaired) electrons. The van der Waals surface area contributed by atoms with Crippen molar-refractivity contribution in [1.29, 1.82) is 0 Å². The van der Waals surface area contributed by atoms with E-state index in [0.29, 0.717) is 0 Å². The van der Waals surface area contributed by atoms with Crippen LogP contribution in [0.15, 0.2) is 0 Å². The van der Waals surface area contributed by atoms with Crippen molar-refractivity contribution in [3.63, 3.8) is 0 Å². The third kappa shape index (κ3) is 28.8. The fraction of sp³-hybridized carbons (Fsp3) is 0. The Bertz CT molecular complexity index is 6.85. The molecule has 0 nitrogen and oxygen atoms in total. The molecule has 36 valence electrons. The minimum Gasteiger partial charge on any atom is -0.147 e. The zero-order chi connectivity index (χ0) is 0. The monoisotopic (exact) mass is 216 g/mol. The molecule has 0 bridgehead atoms. The maximum absolute atomic E-state index is 0. The summed E-state index contributed by atoms with van der Waals surface area (Å²) in [6.45, 7) is 0. The van der Waals surface area contributed by atoms with E-state index in [9.17, 15) is 0 Å². The van der Waals surface area contributed by atoms with E-state index in [1.165, 1.54) is 0 Å². The second-order valence-electron chi connectivity index (χ2n) is 0. The van der Waals surface area contributed by atoms with E-state index >= 15 is 0 Å². The summed E-state index contributed by atoms with van der Waals surface area (Å²) in [6, 6.07) is 0.